The Morgan fingerprint density at radius 1 is 0.969 bits per heavy atom. The molecule has 3 aromatic rings. The minimum Gasteiger partial charge on any atom is -0.507 e. The number of methoxy groups -OCH3 is 1. The zero-order chi connectivity index (χ0) is 22.8. The monoisotopic (exact) mass is 427 g/mol. The molecule has 5 heteroatoms. The molecule has 1 amide bonds. The van der Waals surface area contributed by atoms with Crippen molar-refractivity contribution in [2.75, 3.05) is 12.0 Å². The Bertz CT molecular complexity index is 1190. The molecule has 1 atom stereocenters. The fourth-order valence-electron chi connectivity index (χ4n) is 4.04. The van der Waals surface area contributed by atoms with E-state index >= 15 is 0 Å². The molecule has 0 bridgehead atoms. The summed E-state index contributed by atoms with van der Waals surface area (Å²) in [5, 5.41) is 11.2. The van der Waals surface area contributed by atoms with Gasteiger partial charge in [0.2, 0.25) is 0 Å². The van der Waals surface area contributed by atoms with Gasteiger partial charge >= 0.3 is 0 Å². The number of aliphatic hydroxyl groups is 1. The average Bonchev–Trinajstić information content (AvgIpc) is 3.09. The average molecular weight is 428 g/mol. The topological polar surface area (TPSA) is 66.8 Å². The number of aryl methyl sites for hydroxylation is 2. The third-order valence-corrected chi connectivity index (χ3v) is 5.83. The first-order chi connectivity index (χ1) is 15.5. The Labute approximate surface area is 187 Å². The Balaban J connectivity index is 1.95. The van der Waals surface area contributed by atoms with Crippen LogP contribution in [-0.2, 0) is 16.0 Å². The quantitative estimate of drug-likeness (QED) is 0.346. The minimum atomic E-state index is -0.820. The number of nitrogens with zero attached hydrogens (tertiary/aromatic N) is 1. The van der Waals surface area contributed by atoms with Crippen molar-refractivity contribution in [3.05, 3.63) is 101 Å². The molecular formula is C27H25NO4. The van der Waals surface area contributed by atoms with E-state index in [1.807, 2.05) is 61.5 Å². The van der Waals surface area contributed by atoms with E-state index in [2.05, 4.69) is 6.92 Å². The molecule has 3 aromatic carbocycles. The summed E-state index contributed by atoms with van der Waals surface area (Å²) < 4.78 is 5.54. The summed E-state index contributed by atoms with van der Waals surface area (Å²) in [5.41, 5.74) is 3.89. The van der Waals surface area contributed by atoms with E-state index in [1.165, 1.54) is 4.90 Å². The molecule has 0 radical (unpaired) electrons. The van der Waals surface area contributed by atoms with Crippen LogP contribution in [0.2, 0.25) is 0 Å². The van der Waals surface area contributed by atoms with Crippen molar-refractivity contribution >= 4 is 23.1 Å². The van der Waals surface area contributed by atoms with Crippen LogP contribution in [0.15, 0.2) is 78.4 Å². The van der Waals surface area contributed by atoms with Crippen molar-refractivity contribution in [1.82, 2.24) is 0 Å². The van der Waals surface area contributed by atoms with Gasteiger partial charge in [-0.05, 0) is 37.1 Å². The van der Waals surface area contributed by atoms with Crippen molar-refractivity contribution < 1.29 is 19.4 Å². The molecule has 162 valence electrons. The lowest BCUT2D eigenvalue weighted by molar-refractivity contribution is -0.132. The molecule has 0 saturated carbocycles. The van der Waals surface area contributed by atoms with E-state index in [9.17, 15) is 14.7 Å². The van der Waals surface area contributed by atoms with Crippen LogP contribution in [0.5, 0.6) is 5.75 Å². The Kier molecular flexibility index (Phi) is 5.82. The SMILES string of the molecule is CCc1ccc(N2C(=O)C(=O)/C(=C(\O)c3ccc(C)cc3)C2c2ccccc2OC)cc1. The number of hydrogen-bond donors (Lipinski definition) is 1. The van der Waals surface area contributed by atoms with Crippen molar-refractivity contribution in [2.24, 2.45) is 0 Å². The number of Topliss-reactive ketones (excluding diaryl/α,β-unsaturated/α-hetero) is 1. The molecule has 5 nitrogen and oxygen atoms in total. The summed E-state index contributed by atoms with van der Waals surface area (Å²) in [6, 6.07) is 21.2. The van der Waals surface area contributed by atoms with E-state index in [0.717, 1.165) is 17.5 Å². The Morgan fingerprint density at radius 2 is 1.62 bits per heavy atom. The van der Waals surface area contributed by atoms with Gasteiger partial charge in [0.15, 0.2) is 0 Å². The maximum atomic E-state index is 13.2. The molecule has 1 fully saturated rings. The number of amides is 1. The molecule has 1 heterocycles. The van der Waals surface area contributed by atoms with E-state index in [4.69, 9.17) is 4.74 Å². The van der Waals surface area contributed by atoms with E-state index in [1.54, 1.807) is 25.3 Å². The maximum Gasteiger partial charge on any atom is 0.300 e. The second kappa shape index (κ2) is 8.71. The lowest BCUT2D eigenvalue weighted by Crippen LogP contribution is -2.29. The highest BCUT2D eigenvalue weighted by Gasteiger charge is 2.47. The number of hydrogen-bond acceptors (Lipinski definition) is 4. The first-order valence-electron chi connectivity index (χ1n) is 10.6. The zero-order valence-electron chi connectivity index (χ0n) is 18.3. The number of anilines is 1. The third kappa shape index (κ3) is 3.66. The maximum absolute atomic E-state index is 13.2. The molecule has 4 rings (SSSR count). The van der Waals surface area contributed by atoms with Gasteiger partial charge in [-0.1, -0.05) is 67.1 Å². The number of ether oxygens (including phenoxy) is 1. The molecule has 0 aromatic heterocycles. The predicted molar refractivity (Wildman–Crippen MR) is 125 cm³/mol. The molecule has 1 N–H and O–H groups in total. The van der Waals surface area contributed by atoms with Gasteiger partial charge in [0.05, 0.1) is 18.7 Å². The second-order valence-corrected chi connectivity index (χ2v) is 7.80. The highest BCUT2D eigenvalue weighted by Crippen LogP contribution is 2.44. The van der Waals surface area contributed by atoms with Gasteiger partial charge in [0, 0.05) is 16.8 Å². The van der Waals surface area contributed by atoms with E-state index in [0.29, 0.717) is 22.6 Å². The van der Waals surface area contributed by atoms with Gasteiger partial charge < -0.3 is 9.84 Å². The van der Waals surface area contributed by atoms with Gasteiger partial charge in [0.1, 0.15) is 11.5 Å². The number of para-hydroxylation sites is 1. The normalized spacial score (nSPS) is 17.6. The van der Waals surface area contributed by atoms with Crippen molar-refractivity contribution in [3.8, 4) is 5.75 Å². The van der Waals surface area contributed by atoms with Crippen LogP contribution in [0.4, 0.5) is 5.69 Å². The molecular weight excluding hydrogens is 402 g/mol. The molecule has 1 unspecified atom stereocenters. The fourth-order valence-corrected chi connectivity index (χ4v) is 4.04. The standard InChI is InChI=1S/C27H25NO4/c1-4-18-11-15-20(16-12-18)28-24(21-7-5-6-8-22(21)32-3)23(26(30)27(28)31)25(29)19-13-9-17(2)10-14-19/h5-16,24,29H,4H2,1-3H3/b25-23-. The summed E-state index contributed by atoms with van der Waals surface area (Å²) in [6.07, 6.45) is 0.864. The number of ketones is 1. The summed E-state index contributed by atoms with van der Waals surface area (Å²) in [5.74, 6) is -1.08. The van der Waals surface area contributed by atoms with Gasteiger partial charge in [-0.3, -0.25) is 14.5 Å². The summed E-state index contributed by atoms with van der Waals surface area (Å²) in [4.78, 5) is 27.9. The van der Waals surface area contributed by atoms with Crippen LogP contribution in [0, 0.1) is 6.92 Å². The summed E-state index contributed by atoms with van der Waals surface area (Å²) in [6.45, 7) is 4.00. The van der Waals surface area contributed by atoms with Gasteiger partial charge in [-0.2, -0.15) is 0 Å². The van der Waals surface area contributed by atoms with Crippen molar-refractivity contribution in [1.29, 1.82) is 0 Å². The van der Waals surface area contributed by atoms with Gasteiger partial charge in [-0.15, -0.1) is 0 Å². The molecule has 32 heavy (non-hydrogen) atoms. The van der Waals surface area contributed by atoms with E-state index in [-0.39, 0.29) is 11.3 Å². The van der Waals surface area contributed by atoms with Gasteiger partial charge in [0.25, 0.3) is 11.7 Å². The highest BCUT2D eigenvalue weighted by atomic mass is 16.5. The number of rotatable bonds is 5. The van der Waals surface area contributed by atoms with E-state index < -0.39 is 17.7 Å². The zero-order valence-corrected chi connectivity index (χ0v) is 18.3. The number of aliphatic hydroxyl groups excluding tert-OH is 1. The van der Waals surface area contributed by atoms with Crippen LogP contribution >= 0.6 is 0 Å². The number of carbonyl (C=O) groups excluding carboxylic acids is 2. The molecule has 0 aliphatic carbocycles. The Hall–Kier alpha value is -3.86. The minimum absolute atomic E-state index is 0.0444. The number of carbonyl (C=O) groups is 2. The van der Waals surface area contributed by atoms with Crippen LogP contribution < -0.4 is 9.64 Å². The highest BCUT2D eigenvalue weighted by molar-refractivity contribution is 6.51. The molecule has 0 spiro atoms. The van der Waals surface area contributed by atoms with Crippen molar-refractivity contribution in [3.63, 3.8) is 0 Å². The molecule has 1 aliphatic rings. The predicted octanol–water partition coefficient (Wildman–Crippen LogP) is 5.19. The summed E-state index contributed by atoms with van der Waals surface area (Å²) >= 11 is 0. The van der Waals surface area contributed by atoms with Crippen LogP contribution in [0.3, 0.4) is 0 Å². The fraction of sp³-hybridized carbons (Fsp3) is 0.185. The largest absolute Gasteiger partial charge is 0.507 e. The third-order valence-electron chi connectivity index (χ3n) is 5.83. The number of benzene rings is 3. The smallest absolute Gasteiger partial charge is 0.300 e. The second-order valence-electron chi connectivity index (χ2n) is 7.80. The van der Waals surface area contributed by atoms with Crippen LogP contribution in [-0.4, -0.2) is 23.9 Å². The van der Waals surface area contributed by atoms with Crippen LogP contribution in [0.25, 0.3) is 5.76 Å². The summed E-state index contributed by atoms with van der Waals surface area (Å²) in [7, 11) is 1.54. The first kappa shape index (κ1) is 21.4. The van der Waals surface area contributed by atoms with Crippen LogP contribution in [0.1, 0.15) is 35.2 Å². The molecule has 1 aliphatic heterocycles. The van der Waals surface area contributed by atoms with Gasteiger partial charge in [-0.25, -0.2) is 0 Å². The molecule has 1 saturated heterocycles. The Morgan fingerprint density at radius 3 is 2.25 bits per heavy atom. The lowest BCUT2D eigenvalue weighted by Gasteiger charge is -2.26. The van der Waals surface area contributed by atoms with Crippen molar-refractivity contribution in [2.45, 2.75) is 26.3 Å². The lowest BCUT2D eigenvalue weighted by atomic mass is 9.94. The first-order valence-corrected chi connectivity index (χ1v) is 10.6.